The number of amides is 1. The number of hydrogen-bond donors (Lipinski definition) is 2. The van der Waals surface area contributed by atoms with Gasteiger partial charge in [0.05, 0.1) is 24.0 Å². The van der Waals surface area contributed by atoms with Gasteiger partial charge >= 0.3 is 0 Å². The summed E-state index contributed by atoms with van der Waals surface area (Å²) in [4.78, 5) is 17.3. The van der Waals surface area contributed by atoms with Gasteiger partial charge in [-0.05, 0) is 73.1 Å². The van der Waals surface area contributed by atoms with Crippen LogP contribution < -0.4 is 9.46 Å². The van der Waals surface area contributed by atoms with Crippen molar-refractivity contribution in [2.45, 2.75) is 43.9 Å². The van der Waals surface area contributed by atoms with E-state index in [0.29, 0.717) is 30.9 Å². The third-order valence-electron chi connectivity index (χ3n) is 8.30. The Morgan fingerprint density at radius 1 is 1.00 bits per heavy atom. The van der Waals surface area contributed by atoms with E-state index < -0.39 is 21.9 Å². The molecule has 1 aliphatic rings. The number of nitrogens with zero attached hydrogens (tertiary/aromatic N) is 2. The van der Waals surface area contributed by atoms with Crippen LogP contribution in [-0.2, 0) is 27.8 Å². The van der Waals surface area contributed by atoms with Gasteiger partial charge in [0.15, 0.2) is 0 Å². The number of carbonyl (C=O) groups excluding carboxylic acids is 1. The van der Waals surface area contributed by atoms with Gasteiger partial charge in [-0.1, -0.05) is 61.5 Å². The van der Waals surface area contributed by atoms with Crippen LogP contribution in [0.3, 0.4) is 0 Å². The molecule has 0 spiro atoms. The molecule has 0 saturated carbocycles. The summed E-state index contributed by atoms with van der Waals surface area (Å²) in [6.45, 7) is 5.30. The van der Waals surface area contributed by atoms with Crippen LogP contribution in [0.4, 0.5) is 10.1 Å². The SMILES string of the molecule is C[C@@H]1CN([C@H](C)CO)C(=O)Cc2cc(NS(=O)(=O)c3ccc(F)cc3)ccc2O[C@H]1CN(C)Cc1ccc(-c2ccccc2)cc1. The third kappa shape index (κ3) is 8.12. The minimum absolute atomic E-state index is 0.0329. The maximum absolute atomic E-state index is 13.6. The Labute approximate surface area is 270 Å². The fourth-order valence-corrected chi connectivity index (χ4v) is 6.70. The molecule has 3 atom stereocenters. The molecule has 0 radical (unpaired) electrons. The van der Waals surface area contributed by atoms with Gasteiger partial charge in [0.25, 0.3) is 10.0 Å². The second kappa shape index (κ2) is 14.5. The van der Waals surface area contributed by atoms with Gasteiger partial charge in [0.2, 0.25) is 5.91 Å². The number of aliphatic hydroxyl groups excluding tert-OH is 1. The Hall–Kier alpha value is -4.25. The van der Waals surface area contributed by atoms with Crippen LogP contribution in [0.15, 0.2) is 102 Å². The Kier molecular flexibility index (Phi) is 10.4. The molecule has 1 aliphatic heterocycles. The van der Waals surface area contributed by atoms with Gasteiger partial charge < -0.3 is 14.7 Å². The zero-order valence-electron chi connectivity index (χ0n) is 26.3. The van der Waals surface area contributed by atoms with Crippen molar-refractivity contribution in [1.82, 2.24) is 9.80 Å². The van der Waals surface area contributed by atoms with E-state index in [2.05, 4.69) is 46.0 Å². The average molecular weight is 646 g/mol. The normalized spacial score (nSPS) is 17.8. The fourth-order valence-electron chi connectivity index (χ4n) is 5.66. The summed E-state index contributed by atoms with van der Waals surface area (Å²) in [6, 6.07) is 27.7. The van der Waals surface area contributed by atoms with Crippen molar-refractivity contribution < 1.29 is 27.4 Å². The Balaban J connectivity index is 1.37. The van der Waals surface area contributed by atoms with E-state index in [1.165, 1.54) is 12.1 Å². The minimum Gasteiger partial charge on any atom is -0.488 e. The van der Waals surface area contributed by atoms with Crippen molar-refractivity contribution in [3.63, 3.8) is 0 Å². The molecule has 0 saturated heterocycles. The van der Waals surface area contributed by atoms with Crippen molar-refractivity contribution in [3.05, 3.63) is 114 Å². The number of benzene rings is 4. The Morgan fingerprint density at radius 3 is 2.35 bits per heavy atom. The first-order chi connectivity index (χ1) is 22.0. The van der Waals surface area contributed by atoms with Crippen molar-refractivity contribution >= 4 is 21.6 Å². The van der Waals surface area contributed by atoms with Gasteiger partial charge in [-0.2, -0.15) is 0 Å². The first kappa shape index (κ1) is 33.1. The molecule has 0 aromatic heterocycles. The molecule has 0 fully saturated rings. The standard InChI is InChI=1S/C36H40FN3O5S/c1-25-21-40(26(2)24-41)36(42)20-30-19-32(38-46(43,44)33-16-13-31(37)14-17-33)15-18-34(30)45-35(25)23-39(3)22-27-9-11-29(12-10-27)28-7-5-4-6-8-28/h4-19,25-26,35,38,41H,20-24H2,1-3H3/t25-,26-,35+/m1/s1. The maximum Gasteiger partial charge on any atom is 0.261 e. The number of nitrogens with one attached hydrogen (secondary N) is 1. The number of anilines is 1. The molecule has 4 aromatic carbocycles. The predicted molar refractivity (Wildman–Crippen MR) is 177 cm³/mol. The number of fused-ring (bicyclic) bond motifs is 1. The molecule has 10 heteroatoms. The lowest BCUT2D eigenvalue weighted by Crippen LogP contribution is -2.47. The summed E-state index contributed by atoms with van der Waals surface area (Å²) in [5.41, 5.74) is 4.25. The summed E-state index contributed by atoms with van der Waals surface area (Å²) in [7, 11) is -1.97. The van der Waals surface area contributed by atoms with Crippen LogP contribution in [0, 0.1) is 11.7 Å². The number of likely N-dealkylation sites (N-methyl/N-ethyl adjacent to an activating group) is 1. The quantitative estimate of drug-likeness (QED) is 0.234. The van der Waals surface area contributed by atoms with Crippen molar-refractivity contribution in [1.29, 1.82) is 0 Å². The number of halogens is 1. The molecule has 4 aromatic rings. The zero-order chi connectivity index (χ0) is 32.8. The molecule has 46 heavy (non-hydrogen) atoms. The van der Waals surface area contributed by atoms with Gasteiger partial charge in [-0.15, -0.1) is 0 Å². The molecule has 0 bridgehead atoms. The summed E-state index contributed by atoms with van der Waals surface area (Å²) >= 11 is 0. The molecule has 0 aliphatic carbocycles. The number of hydrogen-bond acceptors (Lipinski definition) is 6. The molecule has 1 amide bonds. The summed E-state index contributed by atoms with van der Waals surface area (Å²) in [5, 5.41) is 9.95. The van der Waals surface area contributed by atoms with Crippen molar-refractivity contribution in [2.24, 2.45) is 5.92 Å². The van der Waals surface area contributed by atoms with Crippen molar-refractivity contribution in [3.8, 4) is 16.9 Å². The van der Waals surface area contributed by atoms with E-state index in [1.54, 1.807) is 30.0 Å². The minimum atomic E-state index is -4.00. The molecule has 2 N–H and O–H groups in total. The van der Waals surface area contributed by atoms with E-state index in [0.717, 1.165) is 28.8 Å². The lowest BCUT2D eigenvalue weighted by molar-refractivity contribution is -0.134. The highest BCUT2D eigenvalue weighted by Crippen LogP contribution is 2.30. The van der Waals surface area contributed by atoms with E-state index in [4.69, 9.17) is 4.74 Å². The highest BCUT2D eigenvalue weighted by molar-refractivity contribution is 7.92. The second-order valence-electron chi connectivity index (χ2n) is 12.0. The predicted octanol–water partition coefficient (Wildman–Crippen LogP) is 5.57. The topological polar surface area (TPSA) is 99.2 Å². The van der Waals surface area contributed by atoms with Gasteiger partial charge in [0, 0.05) is 36.8 Å². The second-order valence-corrected chi connectivity index (χ2v) is 13.7. The number of rotatable bonds is 10. The highest BCUT2D eigenvalue weighted by Gasteiger charge is 2.31. The number of aliphatic hydroxyl groups is 1. The zero-order valence-corrected chi connectivity index (χ0v) is 27.1. The Bertz CT molecular complexity index is 1730. The van der Waals surface area contributed by atoms with Gasteiger partial charge in [-0.3, -0.25) is 14.4 Å². The van der Waals surface area contributed by atoms with Crippen LogP contribution in [0.5, 0.6) is 5.75 Å². The van der Waals surface area contributed by atoms with Crippen LogP contribution in [-0.4, -0.2) is 68.1 Å². The Morgan fingerprint density at radius 2 is 1.67 bits per heavy atom. The average Bonchev–Trinajstić information content (AvgIpc) is 3.08. The van der Waals surface area contributed by atoms with Crippen LogP contribution in [0.25, 0.3) is 11.1 Å². The third-order valence-corrected chi connectivity index (χ3v) is 9.70. The first-order valence-electron chi connectivity index (χ1n) is 15.3. The molecule has 0 unspecified atom stereocenters. The van der Waals surface area contributed by atoms with Crippen LogP contribution in [0.2, 0.25) is 0 Å². The largest absolute Gasteiger partial charge is 0.488 e. The van der Waals surface area contributed by atoms with Gasteiger partial charge in [-0.25, -0.2) is 12.8 Å². The number of ether oxygens (including phenoxy) is 1. The maximum atomic E-state index is 13.6. The smallest absolute Gasteiger partial charge is 0.261 e. The van der Waals surface area contributed by atoms with Crippen molar-refractivity contribution in [2.75, 3.05) is 31.5 Å². The highest BCUT2D eigenvalue weighted by atomic mass is 32.2. The van der Waals surface area contributed by atoms with E-state index in [-0.39, 0.29) is 41.5 Å². The van der Waals surface area contributed by atoms with E-state index in [1.807, 2.05) is 32.2 Å². The number of sulfonamides is 1. The number of carbonyl (C=O) groups is 1. The lowest BCUT2D eigenvalue weighted by atomic mass is 10.0. The van der Waals surface area contributed by atoms with Crippen LogP contribution >= 0.6 is 0 Å². The molecule has 8 nitrogen and oxygen atoms in total. The summed E-state index contributed by atoms with van der Waals surface area (Å²) in [5.74, 6) is -0.314. The molecule has 242 valence electrons. The van der Waals surface area contributed by atoms with E-state index >= 15 is 0 Å². The molecular formula is C36H40FN3O5S. The fraction of sp³-hybridized carbons (Fsp3) is 0.306. The van der Waals surface area contributed by atoms with Crippen LogP contribution in [0.1, 0.15) is 25.0 Å². The monoisotopic (exact) mass is 645 g/mol. The lowest BCUT2D eigenvalue weighted by Gasteiger charge is -2.34. The first-order valence-corrected chi connectivity index (χ1v) is 16.8. The molecule has 1 heterocycles. The van der Waals surface area contributed by atoms with Gasteiger partial charge in [0.1, 0.15) is 17.7 Å². The summed E-state index contributed by atoms with van der Waals surface area (Å²) in [6.07, 6.45) is -0.345. The molecular weight excluding hydrogens is 605 g/mol. The van der Waals surface area contributed by atoms with E-state index in [9.17, 15) is 22.7 Å². The summed E-state index contributed by atoms with van der Waals surface area (Å²) < 4.78 is 48.5. The molecule has 5 rings (SSSR count).